The van der Waals surface area contributed by atoms with Gasteiger partial charge in [0, 0.05) is 29.5 Å². The maximum Gasteiger partial charge on any atom is 0.240 e. The number of rotatable bonds is 1. The minimum atomic E-state index is 0.0838. The summed E-state index contributed by atoms with van der Waals surface area (Å²) < 4.78 is 2.62. The highest BCUT2D eigenvalue weighted by molar-refractivity contribution is 5.85. The van der Waals surface area contributed by atoms with Gasteiger partial charge < -0.3 is 0 Å². The van der Waals surface area contributed by atoms with Crippen LogP contribution in [0.1, 0.15) is 45.4 Å². The van der Waals surface area contributed by atoms with Crippen molar-refractivity contribution in [3.05, 3.63) is 93.7 Å². The maximum atomic E-state index is 5.42. The van der Waals surface area contributed by atoms with Crippen LogP contribution in [0.5, 0.6) is 0 Å². The summed E-state index contributed by atoms with van der Waals surface area (Å²) in [5.74, 6) is 0. The molecule has 7 rings (SSSR count). The van der Waals surface area contributed by atoms with Gasteiger partial charge in [0.15, 0.2) is 11.7 Å². The highest BCUT2D eigenvalue weighted by Gasteiger charge is 2.60. The highest BCUT2D eigenvalue weighted by atomic mass is 15.1. The Hall–Kier alpha value is -3.26. The van der Waals surface area contributed by atoms with E-state index in [-0.39, 0.29) is 5.54 Å². The summed E-state index contributed by atoms with van der Waals surface area (Å²) in [5.41, 5.74) is 17.4. The summed E-state index contributed by atoms with van der Waals surface area (Å²) in [7, 11) is 0. The number of benzene rings is 3. The zero-order valence-corrected chi connectivity index (χ0v) is 19.2. The number of nitrogens with zero attached hydrogens (tertiary/aromatic N) is 2. The standard InChI is InChI=1S/C30H27N2/c1-17-10-18(2)12-22(11-17)28-29-24-14-19(3)13-23-15-30(27(23)24)9-8-21-7-5-6-20(4)26(21)25(31-28)16-32(29)30/h5-7,10-14,16H,8-9,15H2,1-4H3/q+1. The van der Waals surface area contributed by atoms with Crippen molar-refractivity contribution in [2.24, 2.45) is 0 Å². The Morgan fingerprint density at radius 2 is 1.66 bits per heavy atom. The first-order chi connectivity index (χ1) is 15.4. The molecular weight excluding hydrogens is 388 g/mol. The number of fused-ring (bicyclic) bond motifs is 4. The molecule has 2 bridgehead atoms. The van der Waals surface area contributed by atoms with E-state index < -0.39 is 0 Å². The third-order valence-corrected chi connectivity index (χ3v) is 7.90. The predicted molar refractivity (Wildman–Crippen MR) is 129 cm³/mol. The zero-order chi connectivity index (χ0) is 21.8. The second-order valence-electron chi connectivity index (χ2n) is 10.2. The Morgan fingerprint density at radius 1 is 0.875 bits per heavy atom. The van der Waals surface area contributed by atoms with Gasteiger partial charge in [-0.15, -0.1) is 0 Å². The Balaban J connectivity index is 1.64. The van der Waals surface area contributed by atoms with Crippen molar-refractivity contribution in [1.29, 1.82) is 0 Å². The first-order valence-corrected chi connectivity index (χ1v) is 11.7. The lowest BCUT2D eigenvalue weighted by Crippen LogP contribution is -2.61. The molecule has 156 valence electrons. The van der Waals surface area contributed by atoms with Crippen molar-refractivity contribution >= 4 is 0 Å². The van der Waals surface area contributed by atoms with Gasteiger partial charge in [-0.05, 0) is 74.6 Å². The smallest absolute Gasteiger partial charge is 0.234 e. The van der Waals surface area contributed by atoms with Crippen molar-refractivity contribution < 1.29 is 4.57 Å². The third kappa shape index (κ3) is 2.20. The molecule has 0 saturated carbocycles. The maximum absolute atomic E-state index is 5.42. The van der Waals surface area contributed by atoms with Crippen LogP contribution in [0, 0.1) is 27.7 Å². The first kappa shape index (κ1) is 18.3. The molecule has 2 nitrogen and oxygen atoms in total. The number of aromatic nitrogens is 2. The van der Waals surface area contributed by atoms with Crippen molar-refractivity contribution in [2.45, 2.75) is 52.5 Å². The molecule has 1 atom stereocenters. The van der Waals surface area contributed by atoms with Gasteiger partial charge in [-0.3, -0.25) is 0 Å². The topological polar surface area (TPSA) is 16.8 Å². The van der Waals surface area contributed by atoms with E-state index in [1.54, 1.807) is 5.56 Å². The van der Waals surface area contributed by atoms with Gasteiger partial charge >= 0.3 is 0 Å². The molecule has 3 aromatic carbocycles. The SMILES string of the molecule is Cc1cc(C)cc(-c2nc3c[n+]4c2-c2cc(C)cc5c2C4(CCc2cccc(C)c2-3)C5)c1. The minimum Gasteiger partial charge on any atom is -0.234 e. The van der Waals surface area contributed by atoms with E-state index in [1.165, 1.54) is 55.8 Å². The van der Waals surface area contributed by atoms with Crippen LogP contribution in [-0.2, 0) is 18.4 Å². The number of hydrogen-bond donors (Lipinski definition) is 0. The monoisotopic (exact) mass is 415 g/mol. The third-order valence-electron chi connectivity index (χ3n) is 7.90. The molecule has 3 heterocycles. The van der Waals surface area contributed by atoms with Gasteiger partial charge in [0.1, 0.15) is 11.4 Å². The molecule has 2 heteroatoms. The molecule has 0 N–H and O–H groups in total. The molecular formula is C30H27N2+. The summed E-state index contributed by atoms with van der Waals surface area (Å²) in [4.78, 5) is 5.42. The van der Waals surface area contributed by atoms with Crippen LogP contribution >= 0.6 is 0 Å². The minimum absolute atomic E-state index is 0.0838. The number of hydrogen-bond acceptors (Lipinski definition) is 1. The fraction of sp³-hybridized carbons (Fsp3) is 0.267. The average Bonchev–Trinajstić information content (AvgIpc) is 2.94. The van der Waals surface area contributed by atoms with Crippen LogP contribution in [0.4, 0.5) is 0 Å². The molecule has 0 amide bonds. The largest absolute Gasteiger partial charge is 0.240 e. The van der Waals surface area contributed by atoms with Gasteiger partial charge in [-0.25, -0.2) is 4.98 Å². The second kappa shape index (κ2) is 5.95. The molecule has 1 unspecified atom stereocenters. The van der Waals surface area contributed by atoms with E-state index in [0.717, 1.165) is 30.7 Å². The lowest BCUT2D eigenvalue weighted by Gasteiger charge is -2.37. The quantitative estimate of drug-likeness (QED) is 0.340. The molecule has 0 radical (unpaired) electrons. The van der Waals surface area contributed by atoms with Gasteiger partial charge in [0.2, 0.25) is 5.69 Å². The Morgan fingerprint density at radius 3 is 2.47 bits per heavy atom. The molecule has 1 aliphatic carbocycles. The van der Waals surface area contributed by atoms with Gasteiger partial charge in [0.25, 0.3) is 0 Å². The molecule has 2 aliphatic heterocycles. The Kier molecular flexibility index (Phi) is 3.41. The molecule has 3 aliphatic rings. The molecule has 4 aromatic rings. The van der Waals surface area contributed by atoms with E-state index in [0.29, 0.717) is 0 Å². The lowest BCUT2D eigenvalue weighted by atomic mass is 9.67. The second-order valence-corrected chi connectivity index (χ2v) is 10.2. The lowest BCUT2D eigenvalue weighted by molar-refractivity contribution is -0.743. The van der Waals surface area contributed by atoms with Gasteiger partial charge in [-0.2, -0.15) is 4.57 Å². The highest BCUT2D eigenvalue weighted by Crippen LogP contribution is 2.54. The van der Waals surface area contributed by atoms with E-state index in [2.05, 4.69) is 87.0 Å². The van der Waals surface area contributed by atoms with Crippen LogP contribution < -0.4 is 4.57 Å². The van der Waals surface area contributed by atoms with Crippen molar-refractivity contribution in [3.63, 3.8) is 0 Å². The van der Waals surface area contributed by atoms with Crippen LogP contribution in [-0.4, -0.2) is 4.98 Å². The van der Waals surface area contributed by atoms with Crippen LogP contribution in [0.2, 0.25) is 0 Å². The first-order valence-electron chi connectivity index (χ1n) is 11.7. The summed E-state index contributed by atoms with van der Waals surface area (Å²) in [6.07, 6.45) is 5.75. The van der Waals surface area contributed by atoms with E-state index in [1.807, 2.05) is 0 Å². The van der Waals surface area contributed by atoms with Gasteiger partial charge in [0.05, 0.1) is 5.56 Å². The summed E-state index contributed by atoms with van der Waals surface area (Å²) in [5, 5.41) is 0. The van der Waals surface area contributed by atoms with Crippen molar-refractivity contribution in [3.8, 4) is 33.8 Å². The summed E-state index contributed by atoms with van der Waals surface area (Å²) >= 11 is 0. The molecule has 32 heavy (non-hydrogen) atoms. The summed E-state index contributed by atoms with van der Waals surface area (Å²) in [6.45, 7) is 8.84. The fourth-order valence-electron chi connectivity index (χ4n) is 6.75. The number of aryl methyl sites for hydroxylation is 5. The normalized spacial score (nSPS) is 19.0. The van der Waals surface area contributed by atoms with Crippen LogP contribution in [0.25, 0.3) is 33.8 Å². The van der Waals surface area contributed by atoms with Crippen molar-refractivity contribution in [1.82, 2.24) is 4.98 Å². The fourth-order valence-corrected chi connectivity index (χ4v) is 6.75. The molecule has 1 spiro atoms. The van der Waals surface area contributed by atoms with E-state index in [4.69, 9.17) is 4.98 Å². The van der Waals surface area contributed by atoms with E-state index in [9.17, 15) is 0 Å². The van der Waals surface area contributed by atoms with Crippen LogP contribution in [0.15, 0.2) is 54.7 Å². The molecule has 1 aromatic heterocycles. The Bertz CT molecular complexity index is 1470. The Labute approximate surface area is 189 Å². The van der Waals surface area contributed by atoms with Gasteiger partial charge in [-0.1, -0.05) is 41.5 Å². The summed E-state index contributed by atoms with van der Waals surface area (Å²) in [6, 6.07) is 18.4. The average molecular weight is 416 g/mol. The predicted octanol–water partition coefficient (Wildman–Crippen LogP) is 6.16. The molecule has 0 fully saturated rings. The molecule has 0 saturated heterocycles. The van der Waals surface area contributed by atoms with E-state index >= 15 is 0 Å². The van der Waals surface area contributed by atoms with Crippen molar-refractivity contribution in [2.75, 3.05) is 0 Å². The van der Waals surface area contributed by atoms with Crippen LogP contribution in [0.3, 0.4) is 0 Å². The zero-order valence-electron chi connectivity index (χ0n) is 19.2.